The van der Waals surface area contributed by atoms with Gasteiger partial charge in [-0.1, -0.05) is 12.1 Å². The zero-order valence-electron chi connectivity index (χ0n) is 9.78. The molecule has 2 aliphatic carbocycles. The second-order valence-electron chi connectivity index (χ2n) is 5.21. The minimum absolute atomic E-state index is 0.497. The van der Waals surface area contributed by atoms with Gasteiger partial charge in [0, 0.05) is 6.04 Å². The van der Waals surface area contributed by atoms with Crippen LogP contribution in [0.1, 0.15) is 34.3 Å². The van der Waals surface area contributed by atoms with Crippen molar-refractivity contribution in [3.05, 3.63) is 34.9 Å². The van der Waals surface area contributed by atoms with Crippen LogP contribution in [-0.4, -0.2) is 23.7 Å². The molecule has 0 aliphatic heterocycles. The fourth-order valence-electron chi connectivity index (χ4n) is 2.70. The Hall–Kier alpha value is -1.35. The lowest BCUT2D eigenvalue weighted by Crippen LogP contribution is -2.25. The number of carboxylic acids is 1. The summed E-state index contributed by atoms with van der Waals surface area (Å²) in [5, 5.41) is 12.7. The lowest BCUT2D eigenvalue weighted by Gasteiger charge is -2.09. The van der Waals surface area contributed by atoms with Crippen LogP contribution in [0.4, 0.5) is 0 Å². The van der Waals surface area contributed by atoms with Gasteiger partial charge >= 0.3 is 5.97 Å². The summed E-state index contributed by atoms with van der Waals surface area (Å²) in [4.78, 5) is 11.1. The van der Waals surface area contributed by atoms with Gasteiger partial charge in [0.15, 0.2) is 0 Å². The smallest absolute Gasteiger partial charge is 0.335 e. The first-order chi connectivity index (χ1) is 8.24. The lowest BCUT2D eigenvalue weighted by atomic mass is 10.0. The highest BCUT2D eigenvalue weighted by molar-refractivity contribution is 5.90. The predicted molar refractivity (Wildman–Crippen MR) is 65.3 cm³/mol. The molecule has 90 valence electrons. The summed E-state index contributed by atoms with van der Waals surface area (Å²) in [6.07, 6.45) is 4.55. The molecule has 0 aromatic heterocycles. The van der Waals surface area contributed by atoms with Crippen molar-refractivity contribution < 1.29 is 9.90 Å². The summed E-state index contributed by atoms with van der Waals surface area (Å²) in [7, 11) is 0. The Morgan fingerprint density at radius 2 is 2.18 bits per heavy atom. The third-order valence-electron chi connectivity index (χ3n) is 3.78. The molecule has 1 aromatic rings. The molecule has 1 fully saturated rings. The van der Waals surface area contributed by atoms with Gasteiger partial charge in [-0.15, -0.1) is 0 Å². The first-order valence-electron chi connectivity index (χ1n) is 6.31. The molecule has 0 heterocycles. The summed E-state index contributed by atoms with van der Waals surface area (Å²) in [6.45, 7) is 1.03. The monoisotopic (exact) mass is 231 g/mol. The quantitative estimate of drug-likeness (QED) is 0.831. The van der Waals surface area contributed by atoms with Crippen molar-refractivity contribution in [2.45, 2.75) is 31.7 Å². The Labute approximate surface area is 101 Å². The molecule has 1 atom stereocenters. The minimum Gasteiger partial charge on any atom is -0.478 e. The minimum atomic E-state index is -0.794. The van der Waals surface area contributed by atoms with E-state index in [4.69, 9.17) is 5.11 Å². The molecule has 0 saturated heterocycles. The SMILES string of the molecule is O=C(O)c1cccc2c1CC(CNC1CC1)C2. The van der Waals surface area contributed by atoms with E-state index < -0.39 is 5.97 Å². The number of carboxylic acid groups (broad SMARTS) is 1. The molecule has 1 unspecified atom stereocenters. The fourth-order valence-corrected chi connectivity index (χ4v) is 2.70. The van der Waals surface area contributed by atoms with E-state index in [1.165, 1.54) is 18.4 Å². The average Bonchev–Trinajstić information content (AvgIpc) is 3.04. The first-order valence-corrected chi connectivity index (χ1v) is 6.31. The van der Waals surface area contributed by atoms with Crippen LogP contribution in [0.25, 0.3) is 0 Å². The standard InChI is InChI=1S/C14H17NO2/c16-14(17)12-3-1-2-10-6-9(7-13(10)12)8-15-11-4-5-11/h1-3,9,11,15H,4-8H2,(H,16,17). The van der Waals surface area contributed by atoms with Crippen LogP contribution in [0.5, 0.6) is 0 Å². The molecule has 3 nitrogen and oxygen atoms in total. The number of fused-ring (bicyclic) bond motifs is 1. The van der Waals surface area contributed by atoms with E-state index >= 15 is 0 Å². The lowest BCUT2D eigenvalue weighted by molar-refractivity contribution is 0.0695. The molecule has 3 rings (SSSR count). The zero-order chi connectivity index (χ0) is 11.8. The number of aromatic carboxylic acids is 1. The van der Waals surface area contributed by atoms with Gasteiger partial charge in [0.25, 0.3) is 0 Å². The molecular weight excluding hydrogens is 214 g/mol. The van der Waals surface area contributed by atoms with Gasteiger partial charge in [-0.2, -0.15) is 0 Å². The van der Waals surface area contributed by atoms with Gasteiger partial charge in [0.2, 0.25) is 0 Å². The van der Waals surface area contributed by atoms with Crippen LogP contribution >= 0.6 is 0 Å². The normalized spacial score (nSPS) is 22.5. The van der Waals surface area contributed by atoms with Gasteiger partial charge < -0.3 is 10.4 Å². The van der Waals surface area contributed by atoms with Crippen LogP contribution < -0.4 is 5.32 Å². The summed E-state index contributed by atoms with van der Waals surface area (Å²) in [5.74, 6) is -0.219. The number of nitrogens with one attached hydrogen (secondary N) is 1. The second-order valence-corrected chi connectivity index (χ2v) is 5.21. The van der Waals surface area contributed by atoms with Crippen molar-refractivity contribution in [3.8, 4) is 0 Å². The Balaban J connectivity index is 1.72. The maximum absolute atomic E-state index is 11.1. The van der Waals surface area contributed by atoms with Crippen molar-refractivity contribution in [2.24, 2.45) is 5.92 Å². The van der Waals surface area contributed by atoms with Crippen molar-refractivity contribution in [3.63, 3.8) is 0 Å². The van der Waals surface area contributed by atoms with Crippen LogP contribution in [0, 0.1) is 5.92 Å². The van der Waals surface area contributed by atoms with Crippen LogP contribution in [0.15, 0.2) is 18.2 Å². The highest BCUT2D eigenvalue weighted by Gasteiger charge is 2.27. The van der Waals surface area contributed by atoms with Crippen molar-refractivity contribution in [1.82, 2.24) is 5.32 Å². The highest BCUT2D eigenvalue weighted by Crippen LogP contribution is 2.30. The third-order valence-corrected chi connectivity index (χ3v) is 3.78. The van der Waals surface area contributed by atoms with E-state index in [0.29, 0.717) is 11.5 Å². The van der Waals surface area contributed by atoms with E-state index in [9.17, 15) is 4.79 Å². The number of carbonyl (C=O) groups is 1. The molecule has 0 bridgehead atoms. The Morgan fingerprint density at radius 1 is 1.35 bits per heavy atom. The maximum Gasteiger partial charge on any atom is 0.335 e. The van der Waals surface area contributed by atoms with Gasteiger partial charge in [-0.05, 0) is 55.3 Å². The number of hydrogen-bond donors (Lipinski definition) is 2. The Bertz CT molecular complexity index is 452. The molecule has 1 saturated carbocycles. The van der Waals surface area contributed by atoms with Crippen molar-refractivity contribution in [1.29, 1.82) is 0 Å². The van der Waals surface area contributed by atoms with E-state index in [1.54, 1.807) is 6.07 Å². The summed E-state index contributed by atoms with van der Waals surface area (Å²) in [6, 6.07) is 6.38. The molecular formula is C14H17NO2. The van der Waals surface area contributed by atoms with Crippen LogP contribution in [0.2, 0.25) is 0 Å². The maximum atomic E-state index is 11.1. The Morgan fingerprint density at radius 3 is 2.88 bits per heavy atom. The molecule has 2 N–H and O–H groups in total. The topological polar surface area (TPSA) is 49.3 Å². The molecule has 0 spiro atoms. The number of hydrogen-bond acceptors (Lipinski definition) is 2. The first kappa shape index (κ1) is 10.8. The Kier molecular flexibility index (Phi) is 2.63. The third kappa shape index (κ3) is 2.20. The van der Waals surface area contributed by atoms with Crippen molar-refractivity contribution in [2.75, 3.05) is 6.54 Å². The van der Waals surface area contributed by atoms with Gasteiger partial charge in [0.05, 0.1) is 5.56 Å². The van der Waals surface area contributed by atoms with Crippen LogP contribution in [0.3, 0.4) is 0 Å². The molecule has 1 aromatic carbocycles. The average molecular weight is 231 g/mol. The number of rotatable bonds is 4. The van der Waals surface area contributed by atoms with E-state index in [1.807, 2.05) is 6.07 Å². The molecule has 2 aliphatic rings. The van der Waals surface area contributed by atoms with Gasteiger partial charge in [-0.3, -0.25) is 0 Å². The van der Waals surface area contributed by atoms with E-state index in [2.05, 4.69) is 11.4 Å². The second kappa shape index (κ2) is 4.15. The predicted octanol–water partition coefficient (Wildman–Crippen LogP) is 1.85. The van der Waals surface area contributed by atoms with Crippen molar-refractivity contribution >= 4 is 5.97 Å². The summed E-state index contributed by atoms with van der Waals surface area (Å²) >= 11 is 0. The van der Waals surface area contributed by atoms with Crippen LogP contribution in [-0.2, 0) is 12.8 Å². The van der Waals surface area contributed by atoms with Gasteiger partial charge in [0.1, 0.15) is 0 Å². The van der Waals surface area contributed by atoms with E-state index in [0.717, 1.165) is 31.0 Å². The number of benzene rings is 1. The summed E-state index contributed by atoms with van der Waals surface area (Å²) in [5.41, 5.74) is 2.78. The molecule has 0 radical (unpaired) electrons. The molecule has 0 amide bonds. The fraction of sp³-hybridized carbons (Fsp3) is 0.500. The van der Waals surface area contributed by atoms with E-state index in [-0.39, 0.29) is 0 Å². The largest absolute Gasteiger partial charge is 0.478 e. The molecule has 3 heteroatoms. The molecule has 17 heavy (non-hydrogen) atoms. The summed E-state index contributed by atoms with van der Waals surface area (Å²) < 4.78 is 0. The zero-order valence-corrected chi connectivity index (χ0v) is 9.78. The van der Waals surface area contributed by atoms with Gasteiger partial charge in [-0.25, -0.2) is 4.79 Å². The highest BCUT2D eigenvalue weighted by atomic mass is 16.4.